The van der Waals surface area contributed by atoms with Crippen molar-refractivity contribution < 1.29 is 66.9 Å². The third-order valence-corrected chi connectivity index (χ3v) is 6.02. The summed E-state index contributed by atoms with van der Waals surface area (Å²) in [6.07, 6.45) is -19.9. The van der Waals surface area contributed by atoms with Crippen LogP contribution in [0, 0.1) is 0 Å². The minimum atomic E-state index is -5.95. The number of rotatable bonds is 10. The SMILES string of the molecule is OC(CN(Cc1cccc(C(F)(F)C(F)(F)F)c1)c1cccc(OCc2cccc(C(F)(F)C(F)(F)F)c2)c1)C(F)(F)F. The lowest BCUT2D eigenvalue weighted by Gasteiger charge is -2.29. The molecule has 0 radical (unpaired) electrons. The Morgan fingerprint density at radius 1 is 0.628 bits per heavy atom. The van der Waals surface area contributed by atoms with E-state index in [1.165, 1.54) is 24.3 Å². The predicted molar refractivity (Wildman–Crippen MR) is 127 cm³/mol. The summed E-state index contributed by atoms with van der Waals surface area (Å²) in [4.78, 5) is 0.820. The van der Waals surface area contributed by atoms with Crippen LogP contribution in [0.2, 0.25) is 0 Å². The molecule has 0 aliphatic heterocycles. The first-order valence-electron chi connectivity index (χ1n) is 11.9. The van der Waals surface area contributed by atoms with Crippen LogP contribution in [0.15, 0.2) is 72.8 Å². The van der Waals surface area contributed by atoms with Crippen LogP contribution >= 0.6 is 0 Å². The zero-order valence-corrected chi connectivity index (χ0v) is 21.3. The number of aliphatic hydroxyl groups excluding tert-OH is 1. The van der Waals surface area contributed by atoms with Gasteiger partial charge in [0, 0.05) is 29.4 Å². The molecule has 3 aromatic rings. The molecule has 236 valence electrons. The predicted octanol–water partition coefficient (Wildman–Crippen LogP) is 8.50. The minimum absolute atomic E-state index is 0.126. The number of alkyl halides is 13. The van der Waals surface area contributed by atoms with E-state index in [1.807, 2.05) is 0 Å². The first-order chi connectivity index (χ1) is 19.6. The molecule has 0 saturated heterocycles. The highest BCUT2D eigenvalue weighted by atomic mass is 19.4. The van der Waals surface area contributed by atoms with Crippen molar-refractivity contribution in [3.63, 3.8) is 0 Å². The molecule has 16 heteroatoms. The van der Waals surface area contributed by atoms with E-state index < -0.39 is 67.3 Å². The second kappa shape index (κ2) is 12.1. The van der Waals surface area contributed by atoms with Crippen LogP contribution in [-0.2, 0) is 25.0 Å². The van der Waals surface area contributed by atoms with Gasteiger partial charge >= 0.3 is 30.4 Å². The van der Waals surface area contributed by atoms with Gasteiger partial charge in [0.15, 0.2) is 6.10 Å². The number of hydrogen-bond donors (Lipinski definition) is 1. The zero-order chi connectivity index (χ0) is 32.4. The fraction of sp³-hybridized carbons (Fsp3) is 0.333. The highest BCUT2D eigenvalue weighted by Gasteiger charge is 2.59. The number of nitrogens with zero attached hydrogens (tertiary/aromatic N) is 1. The summed E-state index contributed by atoms with van der Waals surface area (Å²) in [6.45, 7) is -2.45. The molecule has 0 amide bonds. The molecular formula is C27H20F13NO2. The number of benzene rings is 3. The summed E-state index contributed by atoms with van der Waals surface area (Å²) in [5, 5.41) is 9.65. The van der Waals surface area contributed by atoms with Crippen molar-refractivity contribution in [2.24, 2.45) is 0 Å². The highest BCUT2D eigenvalue weighted by molar-refractivity contribution is 5.51. The minimum Gasteiger partial charge on any atom is -0.489 e. The van der Waals surface area contributed by atoms with Crippen molar-refractivity contribution >= 4 is 5.69 Å². The average molecular weight is 637 g/mol. The zero-order valence-electron chi connectivity index (χ0n) is 21.3. The Hall–Kier alpha value is -3.69. The third-order valence-electron chi connectivity index (χ3n) is 6.02. The first-order valence-corrected chi connectivity index (χ1v) is 11.9. The van der Waals surface area contributed by atoms with Gasteiger partial charge in [-0.3, -0.25) is 0 Å². The quantitative estimate of drug-likeness (QED) is 0.227. The maximum Gasteiger partial charge on any atom is 0.458 e. The Bertz CT molecular complexity index is 1380. The van der Waals surface area contributed by atoms with Crippen molar-refractivity contribution in [2.75, 3.05) is 11.4 Å². The maximum atomic E-state index is 13.9. The molecule has 3 rings (SSSR count). The molecule has 0 fully saturated rings. The van der Waals surface area contributed by atoms with Crippen molar-refractivity contribution in [3.8, 4) is 5.75 Å². The van der Waals surface area contributed by atoms with Crippen LogP contribution in [0.1, 0.15) is 22.3 Å². The van der Waals surface area contributed by atoms with E-state index in [-0.39, 0.29) is 22.6 Å². The lowest BCUT2D eigenvalue weighted by Crippen LogP contribution is -2.41. The molecule has 1 unspecified atom stereocenters. The number of anilines is 1. The summed E-state index contributed by atoms with van der Waals surface area (Å²) in [5.41, 5.74) is -3.36. The molecule has 43 heavy (non-hydrogen) atoms. The van der Waals surface area contributed by atoms with Crippen LogP contribution in [0.4, 0.5) is 62.8 Å². The molecular weight excluding hydrogens is 617 g/mol. The Kier molecular flexibility index (Phi) is 9.54. The molecule has 0 aliphatic carbocycles. The summed E-state index contributed by atoms with van der Waals surface area (Å²) >= 11 is 0. The van der Waals surface area contributed by atoms with Crippen molar-refractivity contribution in [1.82, 2.24) is 0 Å². The van der Waals surface area contributed by atoms with E-state index in [4.69, 9.17) is 4.74 Å². The Morgan fingerprint density at radius 3 is 1.63 bits per heavy atom. The number of aliphatic hydroxyl groups is 1. The van der Waals surface area contributed by atoms with Gasteiger partial charge in [-0.1, -0.05) is 42.5 Å². The fourth-order valence-electron chi connectivity index (χ4n) is 3.78. The lowest BCUT2D eigenvalue weighted by molar-refractivity contribution is -0.289. The second-order valence-corrected chi connectivity index (χ2v) is 9.27. The third kappa shape index (κ3) is 8.03. The molecule has 0 bridgehead atoms. The Balaban J connectivity index is 1.88. The molecule has 0 heterocycles. The molecule has 3 aromatic carbocycles. The van der Waals surface area contributed by atoms with Gasteiger partial charge in [0.1, 0.15) is 12.4 Å². The van der Waals surface area contributed by atoms with Crippen LogP contribution < -0.4 is 9.64 Å². The van der Waals surface area contributed by atoms with Crippen molar-refractivity contribution in [2.45, 2.75) is 49.6 Å². The van der Waals surface area contributed by atoms with Crippen molar-refractivity contribution in [1.29, 1.82) is 0 Å². The van der Waals surface area contributed by atoms with E-state index in [1.54, 1.807) is 0 Å². The van der Waals surface area contributed by atoms with E-state index in [0.717, 1.165) is 29.2 Å². The Labute approximate surface area is 235 Å². The molecule has 0 saturated carbocycles. The molecule has 1 atom stereocenters. The number of halogens is 13. The van der Waals surface area contributed by atoms with Crippen LogP contribution in [0.3, 0.4) is 0 Å². The first kappa shape index (κ1) is 33.8. The standard InChI is InChI=1S/C27H20F13NO2/c28-23(29,26(35,36)37)18-6-1-4-16(10-18)13-41(14-22(42)25(32,33)34)20-8-3-9-21(12-20)43-15-17-5-2-7-19(11-17)24(30,31)27(38,39)40/h1-12,22,42H,13-15H2. The van der Waals surface area contributed by atoms with Gasteiger partial charge in [0.05, 0.1) is 6.54 Å². The summed E-state index contributed by atoms with van der Waals surface area (Å²) in [6, 6.07) is 10.8. The van der Waals surface area contributed by atoms with Gasteiger partial charge in [-0.25, -0.2) is 0 Å². The molecule has 1 N–H and O–H groups in total. The van der Waals surface area contributed by atoms with Gasteiger partial charge in [-0.2, -0.15) is 57.1 Å². The fourth-order valence-corrected chi connectivity index (χ4v) is 3.78. The number of ether oxygens (including phenoxy) is 1. The van der Waals surface area contributed by atoms with Crippen LogP contribution in [0.25, 0.3) is 0 Å². The van der Waals surface area contributed by atoms with E-state index in [2.05, 4.69) is 0 Å². The summed E-state index contributed by atoms with van der Waals surface area (Å²) in [5.74, 6) is -10.6. The Morgan fingerprint density at radius 2 is 1.12 bits per heavy atom. The van der Waals surface area contributed by atoms with E-state index in [9.17, 15) is 62.2 Å². The highest BCUT2D eigenvalue weighted by Crippen LogP contribution is 2.45. The normalized spacial score (nSPS) is 14.0. The van der Waals surface area contributed by atoms with Crippen LogP contribution in [-0.4, -0.2) is 36.3 Å². The van der Waals surface area contributed by atoms with Gasteiger partial charge in [0.25, 0.3) is 0 Å². The topological polar surface area (TPSA) is 32.7 Å². The van der Waals surface area contributed by atoms with Gasteiger partial charge < -0.3 is 14.7 Å². The molecule has 0 aromatic heterocycles. The lowest BCUT2D eigenvalue weighted by atomic mass is 10.0. The smallest absolute Gasteiger partial charge is 0.458 e. The molecule has 3 nitrogen and oxygen atoms in total. The summed E-state index contributed by atoms with van der Waals surface area (Å²) < 4.78 is 177. The van der Waals surface area contributed by atoms with Gasteiger partial charge in [-0.15, -0.1) is 0 Å². The molecule has 0 spiro atoms. The maximum absolute atomic E-state index is 13.9. The van der Waals surface area contributed by atoms with Crippen molar-refractivity contribution in [3.05, 3.63) is 95.1 Å². The van der Waals surface area contributed by atoms with Crippen LogP contribution in [0.5, 0.6) is 5.75 Å². The van der Waals surface area contributed by atoms with E-state index in [0.29, 0.717) is 24.3 Å². The number of hydrogen-bond acceptors (Lipinski definition) is 3. The monoisotopic (exact) mass is 637 g/mol. The largest absolute Gasteiger partial charge is 0.489 e. The molecule has 0 aliphatic rings. The summed E-state index contributed by atoms with van der Waals surface area (Å²) in [7, 11) is 0. The van der Waals surface area contributed by atoms with Gasteiger partial charge in [-0.05, 0) is 35.4 Å². The van der Waals surface area contributed by atoms with E-state index >= 15 is 0 Å². The van der Waals surface area contributed by atoms with Gasteiger partial charge in [0.2, 0.25) is 0 Å². The average Bonchev–Trinajstić information content (AvgIpc) is 2.90. The second-order valence-electron chi connectivity index (χ2n) is 9.27.